The summed E-state index contributed by atoms with van der Waals surface area (Å²) in [4.78, 5) is 4.26. The van der Waals surface area contributed by atoms with Crippen molar-refractivity contribution in [1.82, 2.24) is 9.36 Å². The molecular weight excluding hydrogens is 319 g/mol. The minimum atomic E-state index is 0.730. The quantitative estimate of drug-likeness (QED) is 0.751. The van der Waals surface area contributed by atoms with Crippen LogP contribution in [0.15, 0.2) is 24.3 Å². The Morgan fingerprint density at radius 2 is 1.92 bits per heavy atom. The smallest absolute Gasteiger partial charge is 0.174 e. The van der Waals surface area contributed by atoms with Crippen molar-refractivity contribution < 1.29 is 0 Å². The summed E-state index contributed by atoms with van der Waals surface area (Å²) in [5.41, 5.74) is 1.00. The van der Waals surface area contributed by atoms with Gasteiger partial charge in [-0.1, -0.05) is 11.6 Å². The highest BCUT2D eigenvalue weighted by molar-refractivity contribution is 14.1. The average molecular weight is 323 g/mol. The summed E-state index contributed by atoms with van der Waals surface area (Å²) in [5, 5.41) is 0.730. The summed E-state index contributed by atoms with van der Waals surface area (Å²) in [7, 11) is 0. The molecular formula is C8H4ClIN2S. The molecule has 1 heterocycles. The summed E-state index contributed by atoms with van der Waals surface area (Å²) < 4.78 is 5.14. The first kappa shape index (κ1) is 9.36. The van der Waals surface area contributed by atoms with Crippen LogP contribution >= 0.6 is 45.7 Å². The van der Waals surface area contributed by atoms with Gasteiger partial charge in [-0.05, 0) is 58.4 Å². The van der Waals surface area contributed by atoms with Crippen molar-refractivity contribution in [3.63, 3.8) is 0 Å². The van der Waals surface area contributed by atoms with Gasteiger partial charge in [0.1, 0.15) is 0 Å². The van der Waals surface area contributed by atoms with Crippen molar-refractivity contribution in [2.24, 2.45) is 0 Å². The summed E-state index contributed by atoms with van der Waals surface area (Å²) in [5.74, 6) is 0.770. The van der Waals surface area contributed by atoms with E-state index < -0.39 is 0 Å². The number of benzene rings is 1. The molecule has 0 N–H and O–H groups in total. The van der Waals surface area contributed by atoms with Crippen molar-refractivity contribution in [3.05, 3.63) is 32.3 Å². The molecule has 0 radical (unpaired) electrons. The molecule has 1 aromatic carbocycles. The molecule has 0 spiro atoms. The van der Waals surface area contributed by atoms with E-state index in [2.05, 4.69) is 31.9 Å². The zero-order valence-electron chi connectivity index (χ0n) is 6.37. The minimum Gasteiger partial charge on any atom is -0.209 e. The van der Waals surface area contributed by atoms with Gasteiger partial charge in [0, 0.05) is 10.6 Å². The molecule has 13 heavy (non-hydrogen) atoms. The maximum Gasteiger partial charge on any atom is 0.174 e. The Labute approximate surface area is 98.3 Å². The third-order valence-electron chi connectivity index (χ3n) is 1.50. The van der Waals surface area contributed by atoms with Gasteiger partial charge < -0.3 is 0 Å². The van der Waals surface area contributed by atoms with Crippen LogP contribution < -0.4 is 0 Å². The van der Waals surface area contributed by atoms with Gasteiger partial charge in [-0.25, -0.2) is 4.98 Å². The second-order valence-electron chi connectivity index (χ2n) is 2.38. The summed E-state index contributed by atoms with van der Waals surface area (Å²) in [6.07, 6.45) is 0. The predicted octanol–water partition coefficient (Wildman–Crippen LogP) is 3.46. The van der Waals surface area contributed by atoms with E-state index >= 15 is 0 Å². The molecule has 2 nitrogen and oxygen atoms in total. The van der Waals surface area contributed by atoms with E-state index in [1.165, 1.54) is 11.5 Å². The lowest BCUT2D eigenvalue weighted by Gasteiger charge is -1.93. The van der Waals surface area contributed by atoms with Gasteiger partial charge in [-0.2, -0.15) is 4.37 Å². The number of hydrogen-bond acceptors (Lipinski definition) is 3. The SMILES string of the molecule is Clc1ccc(-c2nsc(I)n2)cc1. The van der Waals surface area contributed by atoms with E-state index in [0.29, 0.717) is 0 Å². The maximum absolute atomic E-state index is 5.76. The normalized spacial score (nSPS) is 10.3. The summed E-state index contributed by atoms with van der Waals surface area (Å²) in [6.45, 7) is 0. The van der Waals surface area contributed by atoms with Crippen LogP contribution in [0.4, 0.5) is 0 Å². The Bertz CT molecular complexity index is 412. The molecule has 0 fully saturated rings. The monoisotopic (exact) mass is 322 g/mol. The van der Waals surface area contributed by atoms with Gasteiger partial charge >= 0.3 is 0 Å². The molecule has 0 amide bonds. The second kappa shape index (κ2) is 3.89. The molecule has 0 aliphatic carbocycles. The molecule has 5 heteroatoms. The average Bonchev–Trinajstić information content (AvgIpc) is 2.53. The molecule has 2 aromatic rings. The van der Waals surface area contributed by atoms with Crippen LogP contribution in [0, 0.1) is 3.01 Å². The molecule has 0 aliphatic rings. The van der Waals surface area contributed by atoms with Crippen molar-refractivity contribution in [2.75, 3.05) is 0 Å². The number of nitrogens with zero attached hydrogens (tertiary/aromatic N) is 2. The fourth-order valence-corrected chi connectivity index (χ4v) is 2.01. The number of halogens is 2. The Kier molecular flexibility index (Phi) is 2.80. The third kappa shape index (κ3) is 2.18. The molecule has 0 saturated carbocycles. The van der Waals surface area contributed by atoms with Crippen LogP contribution in [-0.2, 0) is 0 Å². The predicted molar refractivity (Wildman–Crippen MR) is 63.1 cm³/mol. The van der Waals surface area contributed by atoms with E-state index in [1.807, 2.05) is 24.3 Å². The highest BCUT2D eigenvalue weighted by atomic mass is 127. The Hall–Kier alpha value is -0.200. The zero-order chi connectivity index (χ0) is 9.26. The molecule has 0 atom stereocenters. The van der Waals surface area contributed by atoms with Crippen LogP contribution in [-0.4, -0.2) is 9.36 Å². The highest BCUT2D eigenvalue weighted by Gasteiger charge is 2.03. The fraction of sp³-hybridized carbons (Fsp3) is 0. The van der Waals surface area contributed by atoms with Gasteiger partial charge in [-0.3, -0.25) is 0 Å². The lowest BCUT2D eigenvalue weighted by molar-refractivity contribution is 1.30. The first-order valence-corrected chi connectivity index (χ1v) is 5.74. The Balaban J connectivity index is 2.41. The van der Waals surface area contributed by atoms with Gasteiger partial charge in [0.2, 0.25) is 0 Å². The molecule has 66 valence electrons. The maximum atomic E-state index is 5.76. The van der Waals surface area contributed by atoms with Crippen molar-refractivity contribution in [1.29, 1.82) is 0 Å². The van der Waals surface area contributed by atoms with Crippen molar-refractivity contribution in [2.45, 2.75) is 0 Å². The fourth-order valence-electron chi connectivity index (χ4n) is 0.921. The van der Waals surface area contributed by atoms with E-state index in [1.54, 1.807) is 0 Å². The van der Waals surface area contributed by atoms with Gasteiger partial charge in [0.15, 0.2) is 8.84 Å². The van der Waals surface area contributed by atoms with Crippen LogP contribution in [0.1, 0.15) is 0 Å². The van der Waals surface area contributed by atoms with E-state index in [9.17, 15) is 0 Å². The Morgan fingerprint density at radius 3 is 2.46 bits per heavy atom. The van der Waals surface area contributed by atoms with Gasteiger partial charge in [0.25, 0.3) is 0 Å². The summed E-state index contributed by atoms with van der Waals surface area (Å²) in [6, 6.07) is 7.51. The highest BCUT2D eigenvalue weighted by Crippen LogP contribution is 2.20. The van der Waals surface area contributed by atoms with Crippen molar-refractivity contribution in [3.8, 4) is 11.4 Å². The van der Waals surface area contributed by atoms with E-state index in [0.717, 1.165) is 19.4 Å². The van der Waals surface area contributed by atoms with E-state index in [-0.39, 0.29) is 0 Å². The van der Waals surface area contributed by atoms with E-state index in [4.69, 9.17) is 11.6 Å². The molecule has 1 aromatic heterocycles. The zero-order valence-corrected chi connectivity index (χ0v) is 10.1. The molecule has 0 bridgehead atoms. The third-order valence-corrected chi connectivity index (χ3v) is 3.09. The summed E-state index contributed by atoms with van der Waals surface area (Å²) >= 11 is 9.31. The largest absolute Gasteiger partial charge is 0.209 e. The molecule has 2 rings (SSSR count). The van der Waals surface area contributed by atoms with Crippen molar-refractivity contribution >= 4 is 45.7 Å². The second-order valence-corrected chi connectivity index (χ2v) is 5.32. The molecule has 0 aliphatic heterocycles. The number of hydrogen-bond donors (Lipinski definition) is 0. The van der Waals surface area contributed by atoms with Crippen LogP contribution in [0.3, 0.4) is 0 Å². The minimum absolute atomic E-state index is 0.730. The van der Waals surface area contributed by atoms with Crippen LogP contribution in [0.2, 0.25) is 5.02 Å². The Morgan fingerprint density at radius 1 is 1.23 bits per heavy atom. The lowest BCUT2D eigenvalue weighted by atomic mass is 10.2. The first-order valence-electron chi connectivity index (χ1n) is 3.51. The lowest BCUT2D eigenvalue weighted by Crippen LogP contribution is -1.79. The first-order chi connectivity index (χ1) is 6.25. The molecule has 0 saturated heterocycles. The number of rotatable bonds is 1. The molecule has 0 unspecified atom stereocenters. The van der Waals surface area contributed by atoms with Crippen LogP contribution in [0.5, 0.6) is 0 Å². The number of aromatic nitrogens is 2. The van der Waals surface area contributed by atoms with Crippen LogP contribution in [0.25, 0.3) is 11.4 Å². The standard InChI is InChI=1S/C8H4ClIN2S/c9-6-3-1-5(2-4-6)7-11-8(10)13-12-7/h1-4H. The van der Waals surface area contributed by atoms with Gasteiger partial charge in [-0.15, -0.1) is 0 Å². The van der Waals surface area contributed by atoms with Gasteiger partial charge in [0.05, 0.1) is 0 Å². The topological polar surface area (TPSA) is 25.8 Å².